The number of nitro benzene ring substituents is 1. The van der Waals surface area contributed by atoms with Gasteiger partial charge in [-0.2, -0.15) is 0 Å². The summed E-state index contributed by atoms with van der Waals surface area (Å²) in [5, 5.41) is 14.0. The standard InChI is InChI=1S/C15H15N3O4/c1-22-10-4-7-14(18(20)21)11(8-10)12-5-6-13(17-12)15(19)16-9-2-3-9/h4-9,17H,2-3H2,1H3,(H,16,19). The fourth-order valence-electron chi connectivity index (χ4n) is 2.19. The minimum atomic E-state index is -0.459. The lowest BCUT2D eigenvalue weighted by Gasteiger charge is -2.05. The SMILES string of the molecule is COc1ccc([N+](=O)[O-])c(-c2ccc(C(=O)NC3CC3)[nH]2)c1. The molecule has 22 heavy (non-hydrogen) atoms. The molecule has 0 unspecified atom stereocenters. The number of ether oxygens (including phenoxy) is 1. The molecule has 1 fully saturated rings. The minimum Gasteiger partial charge on any atom is -0.497 e. The second-order valence-corrected chi connectivity index (χ2v) is 5.17. The molecule has 114 valence electrons. The first-order valence-corrected chi connectivity index (χ1v) is 6.91. The van der Waals surface area contributed by atoms with Crippen LogP contribution in [0.3, 0.4) is 0 Å². The van der Waals surface area contributed by atoms with Gasteiger partial charge >= 0.3 is 0 Å². The predicted octanol–water partition coefficient (Wildman–Crippen LogP) is 2.49. The van der Waals surface area contributed by atoms with E-state index in [0.717, 1.165) is 12.8 Å². The van der Waals surface area contributed by atoms with Crippen molar-refractivity contribution < 1.29 is 14.5 Å². The first-order chi connectivity index (χ1) is 10.6. The Bertz CT molecular complexity index is 734. The molecule has 1 aliphatic carbocycles. The Balaban J connectivity index is 1.94. The van der Waals surface area contributed by atoms with Gasteiger partial charge in [-0.1, -0.05) is 0 Å². The molecule has 1 aromatic heterocycles. The fourth-order valence-corrected chi connectivity index (χ4v) is 2.19. The summed E-state index contributed by atoms with van der Waals surface area (Å²) in [5.41, 5.74) is 1.23. The van der Waals surface area contributed by atoms with Gasteiger partial charge in [0, 0.05) is 12.1 Å². The number of aromatic amines is 1. The van der Waals surface area contributed by atoms with Crippen LogP contribution >= 0.6 is 0 Å². The minimum absolute atomic E-state index is 0.0446. The zero-order valence-corrected chi connectivity index (χ0v) is 12.0. The lowest BCUT2D eigenvalue weighted by Crippen LogP contribution is -2.25. The predicted molar refractivity (Wildman–Crippen MR) is 79.9 cm³/mol. The van der Waals surface area contributed by atoms with Crippen LogP contribution in [-0.4, -0.2) is 29.0 Å². The van der Waals surface area contributed by atoms with Crippen molar-refractivity contribution in [3.63, 3.8) is 0 Å². The third kappa shape index (κ3) is 2.78. The van der Waals surface area contributed by atoms with Gasteiger partial charge in [-0.15, -0.1) is 0 Å². The molecule has 2 N–H and O–H groups in total. The van der Waals surface area contributed by atoms with Crippen LogP contribution < -0.4 is 10.1 Å². The van der Waals surface area contributed by atoms with Gasteiger partial charge in [-0.3, -0.25) is 14.9 Å². The topological polar surface area (TPSA) is 97.3 Å². The highest BCUT2D eigenvalue weighted by Crippen LogP contribution is 2.32. The van der Waals surface area contributed by atoms with Crippen LogP contribution in [0.1, 0.15) is 23.3 Å². The van der Waals surface area contributed by atoms with E-state index in [2.05, 4.69) is 10.3 Å². The Kier molecular flexibility index (Phi) is 3.54. The van der Waals surface area contributed by atoms with Gasteiger partial charge in [0.25, 0.3) is 11.6 Å². The van der Waals surface area contributed by atoms with Crippen molar-refractivity contribution in [2.75, 3.05) is 7.11 Å². The zero-order chi connectivity index (χ0) is 15.7. The van der Waals surface area contributed by atoms with E-state index in [-0.39, 0.29) is 17.6 Å². The van der Waals surface area contributed by atoms with E-state index in [1.165, 1.54) is 19.2 Å². The van der Waals surface area contributed by atoms with Crippen LogP contribution in [0.15, 0.2) is 30.3 Å². The molecule has 1 aliphatic rings. The summed E-state index contributed by atoms with van der Waals surface area (Å²) in [6, 6.07) is 8.03. The molecule has 0 saturated heterocycles. The fraction of sp³-hybridized carbons (Fsp3) is 0.267. The number of benzene rings is 1. The lowest BCUT2D eigenvalue weighted by atomic mass is 10.1. The molecular formula is C15H15N3O4. The van der Waals surface area contributed by atoms with Gasteiger partial charge in [0.05, 0.1) is 23.3 Å². The molecule has 1 saturated carbocycles. The number of H-pyrrole nitrogens is 1. The van der Waals surface area contributed by atoms with Gasteiger partial charge in [0.1, 0.15) is 11.4 Å². The molecule has 2 aromatic rings. The van der Waals surface area contributed by atoms with Gasteiger partial charge in [-0.05, 0) is 37.1 Å². The summed E-state index contributed by atoms with van der Waals surface area (Å²) in [6.45, 7) is 0. The van der Waals surface area contributed by atoms with E-state index in [1.54, 1.807) is 18.2 Å². The number of nitrogens with zero attached hydrogens (tertiary/aromatic N) is 1. The maximum atomic E-state index is 12.0. The molecule has 1 aromatic carbocycles. The van der Waals surface area contributed by atoms with Crippen molar-refractivity contribution in [3.8, 4) is 17.0 Å². The number of nitrogens with one attached hydrogen (secondary N) is 2. The Morgan fingerprint density at radius 3 is 2.77 bits per heavy atom. The number of hydrogen-bond acceptors (Lipinski definition) is 4. The monoisotopic (exact) mass is 301 g/mol. The Hall–Kier alpha value is -2.83. The van der Waals surface area contributed by atoms with Crippen molar-refractivity contribution in [2.24, 2.45) is 0 Å². The van der Waals surface area contributed by atoms with Crippen LogP contribution in [0, 0.1) is 10.1 Å². The number of carbonyl (C=O) groups excluding carboxylic acids is 1. The van der Waals surface area contributed by atoms with E-state index < -0.39 is 4.92 Å². The molecule has 7 nitrogen and oxygen atoms in total. The largest absolute Gasteiger partial charge is 0.497 e. The molecule has 1 heterocycles. The van der Waals surface area contributed by atoms with Crippen LogP contribution in [0.25, 0.3) is 11.3 Å². The van der Waals surface area contributed by atoms with Crippen LogP contribution in [0.5, 0.6) is 5.75 Å². The van der Waals surface area contributed by atoms with Crippen molar-refractivity contribution in [1.82, 2.24) is 10.3 Å². The molecular weight excluding hydrogens is 286 g/mol. The quantitative estimate of drug-likeness (QED) is 0.655. The number of methoxy groups -OCH3 is 1. The Morgan fingerprint density at radius 1 is 1.36 bits per heavy atom. The number of carbonyl (C=O) groups is 1. The molecule has 0 bridgehead atoms. The second-order valence-electron chi connectivity index (χ2n) is 5.17. The summed E-state index contributed by atoms with van der Waals surface area (Å²) < 4.78 is 5.11. The van der Waals surface area contributed by atoms with Gasteiger partial charge < -0.3 is 15.0 Å². The molecule has 7 heteroatoms. The highest BCUT2D eigenvalue weighted by atomic mass is 16.6. The molecule has 3 rings (SSSR count). The van der Waals surface area contributed by atoms with Crippen molar-refractivity contribution in [1.29, 1.82) is 0 Å². The number of nitro groups is 1. The lowest BCUT2D eigenvalue weighted by molar-refractivity contribution is -0.384. The molecule has 1 amide bonds. The van der Waals surface area contributed by atoms with Gasteiger partial charge in [0.2, 0.25) is 0 Å². The molecule has 0 aliphatic heterocycles. The smallest absolute Gasteiger partial charge is 0.278 e. The molecule has 0 radical (unpaired) electrons. The van der Waals surface area contributed by atoms with E-state index >= 15 is 0 Å². The summed E-state index contributed by atoms with van der Waals surface area (Å²) in [6.07, 6.45) is 2.00. The molecule has 0 spiro atoms. The summed E-state index contributed by atoms with van der Waals surface area (Å²) >= 11 is 0. The third-order valence-electron chi connectivity index (χ3n) is 3.53. The van der Waals surface area contributed by atoms with E-state index in [1.807, 2.05) is 0 Å². The Labute approximate surface area is 126 Å². The average molecular weight is 301 g/mol. The summed E-state index contributed by atoms with van der Waals surface area (Å²) in [7, 11) is 1.49. The molecule has 0 atom stereocenters. The van der Waals surface area contributed by atoms with Crippen molar-refractivity contribution in [3.05, 3.63) is 46.1 Å². The van der Waals surface area contributed by atoms with Crippen molar-refractivity contribution in [2.45, 2.75) is 18.9 Å². The average Bonchev–Trinajstić information content (AvgIpc) is 3.18. The normalized spacial score (nSPS) is 13.7. The van der Waals surface area contributed by atoms with E-state index in [4.69, 9.17) is 4.74 Å². The van der Waals surface area contributed by atoms with Gasteiger partial charge in [0.15, 0.2) is 0 Å². The van der Waals surface area contributed by atoms with E-state index in [9.17, 15) is 14.9 Å². The van der Waals surface area contributed by atoms with Crippen LogP contribution in [-0.2, 0) is 0 Å². The highest BCUT2D eigenvalue weighted by molar-refractivity contribution is 5.94. The number of rotatable bonds is 5. The maximum Gasteiger partial charge on any atom is 0.278 e. The Morgan fingerprint density at radius 2 is 2.14 bits per heavy atom. The van der Waals surface area contributed by atoms with Crippen molar-refractivity contribution >= 4 is 11.6 Å². The third-order valence-corrected chi connectivity index (χ3v) is 3.53. The maximum absolute atomic E-state index is 12.0. The summed E-state index contributed by atoms with van der Waals surface area (Å²) in [5.74, 6) is 0.318. The number of hydrogen-bond donors (Lipinski definition) is 2. The second kappa shape index (κ2) is 5.51. The highest BCUT2D eigenvalue weighted by Gasteiger charge is 2.25. The zero-order valence-electron chi connectivity index (χ0n) is 12.0. The van der Waals surface area contributed by atoms with Crippen LogP contribution in [0.2, 0.25) is 0 Å². The number of aromatic nitrogens is 1. The van der Waals surface area contributed by atoms with Gasteiger partial charge in [-0.25, -0.2) is 0 Å². The van der Waals surface area contributed by atoms with Crippen LogP contribution in [0.4, 0.5) is 5.69 Å². The first-order valence-electron chi connectivity index (χ1n) is 6.91. The van der Waals surface area contributed by atoms with E-state index in [0.29, 0.717) is 22.7 Å². The summed E-state index contributed by atoms with van der Waals surface area (Å²) in [4.78, 5) is 25.6. The number of amides is 1. The first kappa shape index (κ1) is 14.1.